The number of amides is 2. The van der Waals surface area contributed by atoms with E-state index in [-0.39, 0.29) is 41.1 Å². The Hall–Kier alpha value is -3.96. The van der Waals surface area contributed by atoms with Crippen molar-refractivity contribution in [3.05, 3.63) is 99.6 Å². The molecule has 3 rings (SSSR count). The van der Waals surface area contributed by atoms with E-state index in [4.69, 9.17) is 11.6 Å². The van der Waals surface area contributed by atoms with Crippen molar-refractivity contribution in [1.82, 2.24) is 10.2 Å². The Morgan fingerprint density at radius 1 is 1.00 bits per heavy atom. The van der Waals surface area contributed by atoms with Gasteiger partial charge in [-0.3, -0.25) is 24.0 Å². The van der Waals surface area contributed by atoms with E-state index in [2.05, 4.69) is 5.32 Å². The average molecular weight is 601 g/mol. The van der Waals surface area contributed by atoms with Gasteiger partial charge in [0.2, 0.25) is 11.8 Å². The van der Waals surface area contributed by atoms with Gasteiger partial charge < -0.3 is 10.2 Å². The molecule has 0 fully saturated rings. The number of halogens is 1. The van der Waals surface area contributed by atoms with Crippen LogP contribution in [0.25, 0.3) is 0 Å². The van der Waals surface area contributed by atoms with Crippen LogP contribution in [-0.4, -0.2) is 49.2 Å². The van der Waals surface area contributed by atoms with Gasteiger partial charge in [0.25, 0.3) is 15.7 Å². The maximum atomic E-state index is 14.0. The van der Waals surface area contributed by atoms with Crippen molar-refractivity contribution >= 4 is 44.8 Å². The molecule has 0 aromatic heterocycles. The number of nitrogens with one attached hydrogen (secondary N) is 1. The van der Waals surface area contributed by atoms with Gasteiger partial charge in [-0.15, -0.1) is 0 Å². The molecular formula is C29H33ClN4O6S. The Morgan fingerprint density at radius 3 is 2.27 bits per heavy atom. The molecule has 0 aliphatic heterocycles. The van der Waals surface area contributed by atoms with Gasteiger partial charge in [0.05, 0.1) is 15.5 Å². The second-order valence-electron chi connectivity index (χ2n) is 9.78. The first-order valence-corrected chi connectivity index (χ1v) is 14.9. The molecule has 3 aromatic carbocycles. The summed E-state index contributed by atoms with van der Waals surface area (Å²) in [6.45, 7) is 5.27. The number of nitro benzene ring substituents is 1. The zero-order valence-electron chi connectivity index (χ0n) is 23.1. The number of anilines is 1. The van der Waals surface area contributed by atoms with E-state index in [0.29, 0.717) is 17.1 Å². The fourth-order valence-electron chi connectivity index (χ4n) is 4.16. The molecule has 0 saturated carbocycles. The number of hydrogen-bond acceptors (Lipinski definition) is 6. The molecule has 2 amide bonds. The highest BCUT2D eigenvalue weighted by Crippen LogP contribution is 2.28. The lowest BCUT2D eigenvalue weighted by Gasteiger charge is -2.33. The molecular weight excluding hydrogens is 568 g/mol. The van der Waals surface area contributed by atoms with E-state index in [9.17, 15) is 28.1 Å². The Labute approximate surface area is 245 Å². The molecule has 218 valence electrons. The number of sulfonamides is 1. The van der Waals surface area contributed by atoms with Crippen LogP contribution >= 0.6 is 11.6 Å². The fourth-order valence-corrected chi connectivity index (χ4v) is 5.78. The van der Waals surface area contributed by atoms with Gasteiger partial charge in [-0.05, 0) is 42.2 Å². The molecule has 0 radical (unpaired) electrons. The van der Waals surface area contributed by atoms with Crippen LogP contribution in [0, 0.1) is 16.0 Å². The lowest BCUT2D eigenvalue weighted by molar-refractivity contribution is -0.384. The van der Waals surface area contributed by atoms with Gasteiger partial charge in [0, 0.05) is 30.2 Å². The second-order valence-corrected chi connectivity index (χ2v) is 12.0. The van der Waals surface area contributed by atoms with Crippen LogP contribution in [0.2, 0.25) is 5.02 Å². The summed E-state index contributed by atoms with van der Waals surface area (Å²) in [5, 5.41) is 14.7. The molecule has 41 heavy (non-hydrogen) atoms. The summed E-state index contributed by atoms with van der Waals surface area (Å²) in [6.07, 6.45) is 0.252. The molecule has 0 heterocycles. The Morgan fingerprint density at radius 2 is 1.66 bits per heavy atom. The average Bonchev–Trinajstić information content (AvgIpc) is 2.95. The number of benzene rings is 3. The third kappa shape index (κ3) is 8.05. The van der Waals surface area contributed by atoms with Crippen molar-refractivity contribution in [1.29, 1.82) is 0 Å². The van der Waals surface area contributed by atoms with Crippen LogP contribution in [0.3, 0.4) is 0 Å². The number of carbonyl (C=O) groups excluding carboxylic acids is 2. The van der Waals surface area contributed by atoms with Crippen LogP contribution in [-0.2, 0) is 26.2 Å². The molecule has 0 saturated heterocycles. The molecule has 0 aliphatic rings. The smallest absolute Gasteiger partial charge is 0.271 e. The summed E-state index contributed by atoms with van der Waals surface area (Å²) in [6, 6.07) is 18.5. The third-order valence-electron chi connectivity index (χ3n) is 6.31. The van der Waals surface area contributed by atoms with E-state index in [1.807, 2.05) is 13.8 Å². The van der Waals surface area contributed by atoms with Gasteiger partial charge in [0.1, 0.15) is 12.6 Å². The molecule has 1 N–H and O–H groups in total. The highest BCUT2D eigenvalue weighted by atomic mass is 35.5. The number of carbonyl (C=O) groups is 2. The van der Waals surface area contributed by atoms with Crippen LogP contribution in [0.5, 0.6) is 0 Å². The first-order chi connectivity index (χ1) is 19.4. The first-order valence-electron chi connectivity index (χ1n) is 13.1. The maximum Gasteiger partial charge on any atom is 0.271 e. The molecule has 0 aliphatic carbocycles. The van der Waals surface area contributed by atoms with E-state index in [1.165, 1.54) is 47.4 Å². The van der Waals surface area contributed by atoms with Crippen molar-refractivity contribution in [2.75, 3.05) is 17.4 Å². The molecule has 0 unspecified atom stereocenters. The van der Waals surface area contributed by atoms with Crippen molar-refractivity contribution in [2.45, 2.75) is 44.7 Å². The van der Waals surface area contributed by atoms with Crippen molar-refractivity contribution in [3.8, 4) is 0 Å². The van der Waals surface area contributed by atoms with E-state index in [1.54, 1.807) is 37.3 Å². The molecule has 0 bridgehead atoms. The minimum atomic E-state index is -4.34. The molecule has 12 heteroatoms. The standard InChI is InChI=1S/C29H33ClN4O6S/c1-4-27(29(36)31-18-21(2)3)32(19-22-11-8-9-16-26(22)30)28(35)20-33(23-12-10-13-24(17-23)34(37)38)41(39,40)25-14-6-5-7-15-25/h5-17,21,27H,4,18-20H2,1-3H3,(H,31,36)/t27-/m0/s1. The maximum absolute atomic E-state index is 14.0. The normalized spacial score (nSPS) is 12.0. The zero-order valence-corrected chi connectivity index (χ0v) is 24.6. The van der Waals surface area contributed by atoms with Crippen LogP contribution in [0.15, 0.2) is 83.8 Å². The third-order valence-corrected chi connectivity index (χ3v) is 8.46. The van der Waals surface area contributed by atoms with Gasteiger partial charge in [-0.2, -0.15) is 0 Å². The Bertz CT molecular complexity index is 1480. The van der Waals surface area contributed by atoms with Gasteiger partial charge >= 0.3 is 0 Å². The molecule has 1 atom stereocenters. The van der Waals surface area contributed by atoms with Crippen molar-refractivity contribution < 1.29 is 22.9 Å². The zero-order chi connectivity index (χ0) is 30.2. The number of rotatable bonds is 13. The SMILES string of the molecule is CC[C@@H](C(=O)NCC(C)C)N(Cc1ccccc1Cl)C(=O)CN(c1cccc([N+](=O)[O-])c1)S(=O)(=O)c1ccccc1. The minimum absolute atomic E-state index is 0.0553. The van der Waals surface area contributed by atoms with Crippen molar-refractivity contribution in [2.24, 2.45) is 5.92 Å². The number of non-ortho nitro benzene ring substituents is 1. The molecule has 3 aromatic rings. The summed E-state index contributed by atoms with van der Waals surface area (Å²) >= 11 is 6.40. The van der Waals surface area contributed by atoms with Crippen LogP contribution in [0.4, 0.5) is 11.4 Å². The lowest BCUT2D eigenvalue weighted by atomic mass is 10.1. The summed E-state index contributed by atoms with van der Waals surface area (Å²) in [5.74, 6) is -0.888. The van der Waals surface area contributed by atoms with E-state index in [0.717, 1.165) is 10.4 Å². The number of nitro groups is 1. The largest absolute Gasteiger partial charge is 0.354 e. The lowest BCUT2D eigenvalue weighted by Crippen LogP contribution is -2.52. The summed E-state index contributed by atoms with van der Waals surface area (Å²) in [7, 11) is -4.34. The first kappa shape index (κ1) is 31.6. The predicted octanol–water partition coefficient (Wildman–Crippen LogP) is 5.02. The van der Waals surface area contributed by atoms with Gasteiger partial charge in [0.15, 0.2) is 0 Å². The quantitative estimate of drug-likeness (QED) is 0.216. The van der Waals surface area contributed by atoms with Gasteiger partial charge in [-0.1, -0.05) is 74.8 Å². The highest BCUT2D eigenvalue weighted by molar-refractivity contribution is 7.92. The van der Waals surface area contributed by atoms with E-state index < -0.39 is 33.4 Å². The molecule has 0 spiro atoms. The monoisotopic (exact) mass is 600 g/mol. The van der Waals surface area contributed by atoms with Crippen LogP contribution < -0.4 is 9.62 Å². The molecule has 10 nitrogen and oxygen atoms in total. The Balaban J connectivity index is 2.09. The number of nitrogens with zero attached hydrogens (tertiary/aromatic N) is 3. The summed E-state index contributed by atoms with van der Waals surface area (Å²) < 4.78 is 28.5. The second kappa shape index (κ2) is 14.1. The van der Waals surface area contributed by atoms with E-state index >= 15 is 0 Å². The van der Waals surface area contributed by atoms with Crippen LogP contribution in [0.1, 0.15) is 32.8 Å². The highest BCUT2D eigenvalue weighted by Gasteiger charge is 2.34. The summed E-state index contributed by atoms with van der Waals surface area (Å²) in [4.78, 5) is 39.3. The predicted molar refractivity (Wildman–Crippen MR) is 158 cm³/mol. The minimum Gasteiger partial charge on any atom is -0.354 e. The number of hydrogen-bond donors (Lipinski definition) is 1. The van der Waals surface area contributed by atoms with Crippen molar-refractivity contribution in [3.63, 3.8) is 0 Å². The summed E-state index contributed by atoms with van der Waals surface area (Å²) in [5.41, 5.74) is 0.174. The topological polar surface area (TPSA) is 130 Å². The van der Waals surface area contributed by atoms with Gasteiger partial charge in [-0.25, -0.2) is 8.42 Å². The fraction of sp³-hybridized carbons (Fsp3) is 0.310. The Kier molecular flexibility index (Phi) is 10.8.